The molecule has 0 aliphatic carbocycles. The van der Waals surface area contributed by atoms with Gasteiger partial charge in [0.1, 0.15) is 19.8 Å². The van der Waals surface area contributed by atoms with E-state index >= 15 is 0 Å². The average Bonchev–Trinajstić information content (AvgIpc) is 3.26. The number of esters is 2. The number of hydrogen-bond acceptors (Lipinski definition) is 8. The first-order valence-electron chi connectivity index (χ1n) is 25.4. The molecule has 0 radical (unpaired) electrons. The maximum absolute atomic E-state index is 12.8. The third kappa shape index (κ3) is 48.9. The molecule has 0 aromatic heterocycles. The summed E-state index contributed by atoms with van der Waals surface area (Å²) in [5, 5.41) is 10.0. The zero-order chi connectivity index (χ0) is 48.0. The molecular weight excluding hydrogens is 838 g/mol. The van der Waals surface area contributed by atoms with Gasteiger partial charge in [0.25, 0.3) is 0 Å². The lowest BCUT2D eigenvalue weighted by Gasteiger charge is -2.24. The van der Waals surface area contributed by atoms with Crippen LogP contribution in [-0.2, 0) is 32.7 Å². The second-order valence-corrected chi connectivity index (χ2v) is 19.5. The summed E-state index contributed by atoms with van der Waals surface area (Å²) in [6, 6.07) is 0. The summed E-state index contributed by atoms with van der Waals surface area (Å²) in [4.78, 5) is 35.5. The van der Waals surface area contributed by atoms with E-state index < -0.39 is 38.6 Å². The van der Waals surface area contributed by atoms with E-state index in [1.807, 2.05) is 63.7 Å². The minimum absolute atomic E-state index is 0.00828. The van der Waals surface area contributed by atoms with Crippen LogP contribution < -0.4 is 0 Å². The highest BCUT2D eigenvalue weighted by Crippen LogP contribution is 2.43. The number of quaternary nitrogens is 1. The molecule has 0 aromatic carbocycles. The highest BCUT2D eigenvalue weighted by molar-refractivity contribution is 7.47. The van der Waals surface area contributed by atoms with Crippen LogP contribution in [0, 0.1) is 0 Å². The number of rotatable bonds is 45. The van der Waals surface area contributed by atoms with E-state index in [1.165, 1.54) is 96.3 Å². The fraction of sp³-hybridized carbons (Fsp3) is 0.704. The van der Waals surface area contributed by atoms with Gasteiger partial charge >= 0.3 is 19.8 Å². The first kappa shape index (κ1) is 62.1. The Kier molecular flexibility index (Phi) is 43.0. The van der Waals surface area contributed by atoms with Crippen molar-refractivity contribution in [2.24, 2.45) is 0 Å². The van der Waals surface area contributed by atoms with Gasteiger partial charge in [0.2, 0.25) is 0 Å². The molecule has 0 bridgehead atoms. The third-order valence-corrected chi connectivity index (χ3v) is 11.5. The van der Waals surface area contributed by atoms with Crippen molar-refractivity contribution < 1.29 is 47.2 Å². The lowest BCUT2D eigenvalue weighted by molar-refractivity contribution is -0.870. The van der Waals surface area contributed by atoms with Crippen LogP contribution >= 0.6 is 7.82 Å². The summed E-state index contributed by atoms with van der Waals surface area (Å²) in [7, 11) is 1.40. The molecule has 0 aromatic rings. The number of aliphatic hydroxyl groups excluding tert-OH is 1. The van der Waals surface area contributed by atoms with E-state index in [-0.39, 0.29) is 26.1 Å². The van der Waals surface area contributed by atoms with Crippen molar-refractivity contribution in [3.05, 3.63) is 85.1 Å². The van der Waals surface area contributed by atoms with E-state index in [9.17, 15) is 24.2 Å². The van der Waals surface area contributed by atoms with Crippen LogP contribution in [0.2, 0.25) is 0 Å². The Morgan fingerprint density at radius 3 is 1.69 bits per heavy atom. The molecule has 0 spiro atoms. The Morgan fingerprint density at radius 1 is 0.569 bits per heavy atom. The van der Waals surface area contributed by atoms with Crippen molar-refractivity contribution in [3.8, 4) is 0 Å². The first-order chi connectivity index (χ1) is 31.4. The zero-order valence-corrected chi connectivity index (χ0v) is 42.7. The lowest BCUT2D eigenvalue weighted by atomic mass is 10.0. The SMILES string of the molecule is CC/C=C\C/C=C\CC(O)/C=C/C=C\C/C=C\C/C=C\CCC(=O)OC[C@H](COP(=O)(O)OCC[N+](C)(C)C)OC(=O)CCCCCCCCCCCCC/C=C\CCCCCCCC. The van der Waals surface area contributed by atoms with Crippen LogP contribution in [0.25, 0.3) is 0 Å². The van der Waals surface area contributed by atoms with Crippen LogP contribution in [-0.4, -0.2) is 86.1 Å². The predicted molar refractivity (Wildman–Crippen MR) is 271 cm³/mol. The standard InChI is InChI=1S/C54H94NO9P/c1-6-8-10-12-14-15-16-17-18-19-20-21-22-23-24-25-26-31-34-38-42-46-54(58)64-52(50-63-65(59,60)62-48-47-55(3,4)5)49-61-53(57)45-41-37-33-30-28-27-29-32-36-40-44-51(56)43-39-35-13-11-9-7-2/h9,11,17-18,27-28,32-33,35-37,39-40,44,51-52,56H,6-8,10,12-16,19-26,29-31,34,38,41-43,45-50H2,1-5H3/p+1/b11-9-,18-17-,28-27-,36-32-,37-33-,39-35-,44-40+/t51?,52-/m1/s1. The van der Waals surface area contributed by atoms with Gasteiger partial charge in [-0.05, 0) is 70.6 Å². The van der Waals surface area contributed by atoms with E-state index in [4.69, 9.17) is 18.5 Å². The van der Waals surface area contributed by atoms with Crippen molar-refractivity contribution >= 4 is 19.8 Å². The smallest absolute Gasteiger partial charge is 0.462 e. The normalized spacial score (nSPS) is 14.6. The van der Waals surface area contributed by atoms with E-state index in [0.29, 0.717) is 30.3 Å². The van der Waals surface area contributed by atoms with Gasteiger partial charge in [-0.2, -0.15) is 0 Å². The molecule has 65 heavy (non-hydrogen) atoms. The van der Waals surface area contributed by atoms with Gasteiger partial charge in [-0.3, -0.25) is 18.6 Å². The second kappa shape index (κ2) is 45.0. The molecule has 0 saturated carbocycles. The molecule has 11 heteroatoms. The fourth-order valence-electron chi connectivity index (χ4n) is 6.53. The molecular formula is C54H95NO9P+. The number of allylic oxidation sites excluding steroid dienone is 12. The number of aliphatic hydroxyl groups is 1. The Bertz CT molecular complexity index is 1390. The van der Waals surface area contributed by atoms with Gasteiger partial charge in [-0.1, -0.05) is 189 Å². The van der Waals surface area contributed by atoms with Gasteiger partial charge in [-0.25, -0.2) is 4.57 Å². The van der Waals surface area contributed by atoms with Crippen molar-refractivity contribution in [1.82, 2.24) is 0 Å². The van der Waals surface area contributed by atoms with Crippen LogP contribution in [0.4, 0.5) is 0 Å². The minimum atomic E-state index is -4.41. The predicted octanol–water partition coefficient (Wildman–Crippen LogP) is 14.1. The molecule has 0 amide bonds. The quantitative estimate of drug-likeness (QED) is 0.0153. The maximum Gasteiger partial charge on any atom is 0.472 e. The monoisotopic (exact) mass is 933 g/mol. The summed E-state index contributed by atoms with van der Waals surface area (Å²) < 4.78 is 34.3. The van der Waals surface area contributed by atoms with E-state index in [1.54, 1.807) is 6.08 Å². The van der Waals surface area contributed by atoms with Crippen LogP contribution in [0.15, 0.2) is 85.1 Å². The highest BCUT2D eigenvalue weighted by Gasteiger charge is 2.27. The zero-order valence-electron chi connectivity index (χ0n) is 41.8. The molecule has 0 rings (SSSR count). The average molecular weight is 933 g/mol. The van der Waals surface area contributed by atoms with Crippen molar-refractivity contribution in [3.63, 3.8) is 0 Å². The molecule has 2 N–H and O–H groups in total. The summed E-state index contributed by atoms with van der Waals surface area (Å²) >= 11 is 0. The number of likely N-dealkylation sites (N-methyl/N-ethyl adjacent to an activating group) is 1. The number of phosphoric acid groups is 1. The van der Waals surface area contributed by atoms with Gasteiger partial charge in [-0.15, -0.1) is 0 Å². The largest absolute Gasteiger partial charge is 0.472 e. The molecule has 10 nitrogen and oxygen atoms in total. The third-order valence-electron chi connectivity index (χ3n) is 10.5. The van der Waals surface area contributed by atoms with Crippen molar-refractivity contribution in [1.29, 1.82) is 0 Å². The Morgan fingerprint density at radius 2 is 1.09 bits per heavy atom. The highest BCUT2D eigenvalue weighted by atomic mass is 31.2. The lowest BCUT2D eigenvalue weighted by Crippen LogP contribution is -2.37. The van der Waals surface area contributed by atoms with E-state index in [2.05, 4.69) is 50.3 Å². The minimum Gasteiger partial charge on any atom is -0.462 e. The summed E-state index contributed by atoms with van der Waals surface area (Å²) in [5.41, 5.74) is 0. The maximum atomic E-state index is 12.8. The van der Waals surface area contributed by atoms with E-state index in [0.717, 1.165) is 44.9 Å². The number of hydrogen-bond donors (Lipinski definition) is 2. The molecule has 0 aliphatic rings. The second-order valence-electron chi connectivity index (χ2n) is 18.0. The number of ether oxygens (including phenoxy) is 2. The number of nitrogens with zero attached hydrogens (tertiary/aromatic N) is 1. The summed E-state index contributed by atoms with van der Waals surface area (Å²) in [6.45, 7) is 4.14. The molecule has 0 aliphatic heterocycles. The van der Waals surface area contributed by atoms with Gasteiger partial charge < -0.3 is 24.0 Å². The van der Waals surface area contributed by atoms with Gasteiger partial charge in [0, 0.05) is 12.8 Å². The molecule has 374 valence electrons. The van der Waals surface area contributed by atoms with Crippen LogP contribution in [0.5, 0.6) is 0 Å². The first-order valence-corrected chi connectivity index (χ1v) is 26.9. The Balaban J connectivity index is 4.42. The Hall–Kier alpha value is -2.85. The Labute approximate surface area is 397 Å². The topological polar surface area (TPSA) is 129 Å². The van der Waals surface area contributed by atoms with Crippen LogP contribution in [0.3, 0.4) is 0 Å². The molecule has 2 unspecified atom stereocenters. The fourth-order valence-corrected chi connectivity index (χ4v) is 7.27. The molecule has 3 atom stereocenters. The molecule has 0 saturated heterocycles. The number of carbonyl (C=O) groups excluding carboxylic acids is 2. The molecule has 0 fully saturated rings. The van der Waals surface area contributed by atoms with Gasteiger partial charge in [0.15, 0.2) is 6.10 Å². The van der Waals surface area contributed by atoms with Gasteiger partial charge in [0.05, 0.1) is 33.9 Å². The number of carbonyl (C=O) groups is 2. The van der Waals surface area contributed by atoms with Crippen molar-refractivity contribution in [2.75, 3.05) is 47.5 Å². The molecule has 0 heterocycles. The number of phosphoric ester groups is 1. The summed E-state index contributed by atoms with van der Waals surface area (Å²) in [5.74, 6) is -0.930. The number of unbranched alkanes of at least 4 members (excludes halogenated alkanes) is 17. The summed E-state index contributed by atoms with van der Waals surface area (Å²) in [6.07, 6.45) is 55.4. The van der Waals surface area contributed by atoms with Crippen molar-refractivity contribution in [2.45, 2.75) is 199 Å². The van der Waals surface area contributed by atoms with Crippen LogP contribution in [0.1, 0.15) is 187 Å².